The summed E-state index contributed by atoms with van der Waals surface area (Å²) >= 11 is 6.08. The second-order valence-electron chi connectivity index (χ2n) is 8.95. The molecule has 0 saturated carbocycles. The standard InChI is InChI=1S/C29H31ClN4O3/c1-4-33(18-28(35)31-25-16-23(30)13-10-20(25)2)19-29(36)34-27(22-11-14-24(37-3)15-12-22)17-26(32-34)21-8-6-5-7-9-21/h5-16,27H,4,17-19H2,1-3H3,(H,31,35). The van der Waals surface area contributed by atoms with E-state index in [-0.39, 0.29) is 30.9 Å². The average Bonchev–Trinajstić information content (AvgIpc) is 3.36. The minimum Gasteiger partial charge on any atom is -0.497 e. The van der Waals surface area contributed by atoms with E-state index in [9.17, 15) is 9.59 Å². The van der Waals surface area contributed by atoms with Gasteiger partial charge in [0.1, 0.15) is 5.75 Å². The summed E-state index contributed by atoms with van der Waals surface area (Å²) in [6.45, 7) is 4.50. The number of ether oxygens (including phenoxy) is 1. The van der Waals surface area contributed by atoms with E-state index in [4.69, 9.17) is 21.4 Å². The van der Waals surface area contributed by atoms with E-state index in [0.717, 1.165) is 28.2 Å². The molecule has 0 saturated heterocycles. The number of carbonyl (C=O) groups excluding carboxylic acids is 2. The van der Waals surface area contributed by atoms with Crippen molar-refractivity contribution in [3.8, 4) is 5.75 Å². The highest BCUT2D eigenvalue weighted by molar-refractivity contribution is 6.31. The van der Waals surface area contributed by atoms with Crippen LogP contribution in [0.15, 0.2) is 77.9 Å². The second-order valence-corrected chi connectivity index (χ2v) is 9.39. The minimum absolute atomic E-state index is 0.0661. The van der Waals surface area contributed by atoms with Gasteiger partial charge in [-0.15, -0.1) is 0 Å². The molecule has 3 aromatic rings. The van der Waals surface area contributed by atoms with Crippen molar-refractivity contribution in [2.75, 3.05) is 32.1 Å². The van der Waals surface area contributed by atoms with Crippen molar-refractivity contribution in [3.05, 3.63) is 94.5 Å². The molecule has 2 amide bonds. The van der Waals surface area contributed by atoms with Gasteiger partial charge in [-0.2, -0.15) is 5.10 Å². The van der Waals surface area contributed by atoms with Crippen molar-refractivity contribution < 1.29 is 14.3 Å². The zero-order valence-corrected chi connectivity index (χ0v) is 22.0. The number of carbonyl (C=O) groups is 2. The molecule has 37 heavy (non-hydrogen) atoms. The Labute approximate surface area is 222 Å². The Morgan fingerprint density at radius 2 is 1.81 bits per heavy atom. The van der Waals surface area contributed by atoms with Gasteiger partial charge < -0.3 is 10.1 Å². The van der Waals surface area contributed by atoms with Gasteiger partial charge >= 0.3 is 0 Å². The van der Waals surface area contributed by atoms with Crippen molar-refractivity contribution in [1.29, 1.82) is 0 Å². The number of hydrazone groups is 1. The van der Waals surface area contributed by atoms with Gasteiger partial charge in [0.15, 0.2) is 0 Å². The zero-order chi connectivity index (χ0) is 26.4. The summed E-state index contributed by atoms with van der Waals surface area (Å²) in [6.07, 6.45) is 0.600. The number of methoxy groups -OCH3 is 1. The molecule has 4 rings (SSSR count). The average molecular weight is 519 g/mol. The Morgan fingerprint density at radius 1 is 1.08 bits per heavy atom. The lowest BCUT2D eigenvalue weighted by Crippen LogP contribution is -2.41. The molecular weight excluding hydrogens is 488 g/mol. The smallest absolute Gasteiger partial charge is 0.257 e. The molecule has 7 nitrogen and oxygen atoms in total. The van der Waals surface area contributed by atoms with Crippen molar-refractivity contribution in [1.82, 2.24) is 9.91 Å². The van der Waals surface area contributed by atoms with Gasteiger partial charge in [-0.3, -0.25) is 14.5 Å². The summed E-state index contributed by atoms with van der Waals surface area (Å²) in [5.74, 6) is 0.379. The van der Waals surface area contributed by atoms with Crippen LogP contribution in [0.5, 0.6) is 5.75 Å². The number of likely N-dealkylation sites (N-methyl/N-ethyl adjacent to an activating group) is 1. The summed E-state index contributed by atoms with van der Waals surface area (Å²) in [4.78, 5) is 28.1. The van der Waals surface area contributed by atoms with E-state index >= 15 is 0 Å². The Morgan fingerprint density at radius 3 is 2.49 bits per heavy atom. The molecule has 3 aromatic carbocycles. The number of benzene rings is 3. The van der Waals surface area contributed by atoms with Gasteiger partial charge in [0.25, 0.3) is 5.91 Å². The molecule has 192 valence electrons. The fraction of sp³-hybridized carbons (Fsp3) is 0.276. The molecule has 1 aliphatic rings. The number of rotatable bonds is 9. The first-order valence-electron chi connectivity index (χ1n) is 12.2. The highest BCUT2D eigenvalue weighted by Crippen LogP contribution is 2.33. The van der Waals surface area contributed by atoms with Crippen LogP contribution < -0.4 is 10.1 Å². The molecule has 0 aliphatic carbocycles. The van der Waals surface area contributed by atoms with Crippen molar-refractivity contribution in [2.24, 2.45) is 5.10 Å². The Bertz CT molecular complexity index is 1280. The molecule has 1 aliphatic heterocycles. The van der Waals surface area contributed by atoms with E-state index in [1.807, 2.05) is 74.5 Å². The van der Waals surface area contributed by atoms with Gasteiger partial charge in [0.2, 0.25) is 5.91 Å². The van der Waals surface area contributed by atoms with E-state index in [1.165, 1.54) is 0 Å². The number of aryl methyl sites for hydroxylation is 1. The molecule has 0 fully saturated rings. The second kappa shape index (κ2) is 12.0. The molecule has 0 radical (unpaired) electrons. The van der Waals surface area contributed by atoms with Crippen molar-refractivity contribution in [2.45, 2.75) is 26.3 Å². The predicted molar refractivity (Wildman–Crippen MR) is 147 cm³/mol. The quantitative estimate of drug-likeness (QED) is 0.417. The monoisotopic (exact) mass is 518 g/mol. The van der Waals surface area contributed by atoms with Crippen LogP contribution >= 0.6 is 11.6 Å². The summed E-state index contributed by atoms with van der Waals surface area (Å²) < 4.78 is 5.30. The van der Waals surface area contributed by atoms with Crippen LogP contribution in [-0.2, 0) is 9.59 Å². The number of halogens is 1. The van der Waals surface area contributed by atoms with Crippen molar-refractivity contribution >= 4 is 34.8 Å². The normalized spacial score (nSPS) is 15.0. The highest BCUT2D eigenvalue weighted by atomic mass is 35.5. The Hall–Kier alpha value is -3.68. The van der Waals surface area contributed by atoms with E-state index in [1.54, 1.807) is 29.2 Å². The molecule has 8 heteroatoms. The molecule has 0 spiro atoms. The lowest BCUT2D eigenvalue weighted by molar-refractivity contribution is -0.134. The predicted octanol–water partition coefficient (Wildman–Crippen LogP) is 5.30. The molecular formula is C29H31ClN4O3. The molecule has 1 heterocycles. The van der Waals surface area contributed by atoms with Crippen LogP contribution in [0.3, 0.4) is 0 Å². The van der Waals surface area contributed by atoms with Crippen LogP contribution in [0.2, 0.25) is 5.02 Å². The summed E-state index contributed by atoms with van der Waals surface area (Å²) in [5.41, 5.74) is 4.39. The van der Waals surface area contributed by atoms with E-state index in [0.29, 0.717) is 23.7 Å². The van der Waals surface area contributed by atoms with Crippen LogP contribution in [0.25, 0.3) is 0 Å². The first kappa shape index (κ1) is 26.4. The van der Waals surface area contributed by atoms with Gasteiger partial charge in [0.05, 0.1) is 32.0 Å². The number of nitrogens with zero attached hydrogens (tertiary/aromatic N) is 3. The van der Waals surface area contributed by atoms with Crippen LogP contribution in [-0.4, -0.2) is 54.2 Å². The first-order chi connectivity index (χ1) is 17.9. The summed E-state index contributed by atoms with van der Waals surface area (Å²) in [7, 11) is 1.63. The third kappa shape index (κ3) is 6.56. The fourth-order valence-electron chi connectivity index (χ4n) is 4.30. The lowest BCUT2D eigenvalue weighted by Gasteiger charge is -2.26. The van der Waals surface area contributed by atoms with Gasteiger partial charge in [-0.05, 0) is 54.4 Å². The third-order valence-electron chi connectivity index (χ3n) is 6.42. The summed E-state index contributed by atoms with van der Waals surface area (Å²) in [5, 5.41) is 9.76. The number of nitrogens with one attached hydrogen (secondary N) is 1. The van der Waals surface area contributed by atoms with Crippen LogP contribution in [0.4, 0.5) is 5.69 Å². The van der Waals surface area contributed by atoms with E-state index in [2.05, 4.69) is 5.32 Å². The first-order valence-corrected chi connectivity index (χ1v) is 12.6. The highest BCUT2D eigenvalue weighted by Gasteiger charge is 2.33. The fourth-order valence-corrected chi connectivity index (χ4v) is 4.47. The van der Waals surface area contributed by atoms with Gasteiger partial charge in [0, 0.05) is 17.1 Å². The van der Waals surface area contributed by atoms with Crippen LogP contribution in [0.1, 0.15) is 36.1 Å². The summed E-state index contributed by atoms with van der Waals surface area (Å²) in [6, 6.07) is 22.7. The van der Waals surface area contributed by atoms with Gasteiger partial charge in [-0.1, -0.05) is 67.1 Å². The SMILES string of the molecule is CCN(CC(=O)Nc1cc(Cl)ccc1C)CC(=O)N1N=C(c2ccccc2)CC1c1ccc(OC)cc1. The number of hydrogen-bond acceptors (Lipinski definition) is 5. The van der Waals surface area contributed by atoms with Crippen LogP contribution in [0, 0.1) is 6.92 Å². The maximum atomic E-state index is 13.5. The third-order valence-corrected chi connectivity index (χ3v) is 6.66. The largest absolute Gasteiger partial charge is 0.497 e. The zero-order valence-electron chi connectivity index (χ0n) is 21.3. The molecule has 1 N–H and O–H groups in total. The molecule has 1 unspecified atom stereocenters. The minimum atomic E-state index is -0.241. The Kier molecular flexibility index (Phi) is 8.58. The number of anilines is 1. The molecule has 0 bridgehead atoms. The Balaban J connectivity index is 1.50. The maximum absolute atomic E-state index is 13.5. The lowest BCUT2D eigenvalue weighted by atomic mass is 9.98. The van der Waals surface area contributed by atoms with Crippen molar-refractivity contribution in [3.63, 3.8) is 0 Å². The number of hydrogen-bond donors (Lipinski definition) is 1. The van der Waals surface area contributed by atoms with E-state index < -0.39 is 0 Å². The molecule has 0 aromatic heterocycles. The topological polar surface area (TPSA) is 74.2 Å². The number of amides is 2. The van der Waals surface area contributed by atoms with Gasteiger partial charge in [-0.25, -0.2) is 5.01 Å². The maximum Gasteiger partial charge on any atom is 0.257 e. The molecule has 1 atom stereocenters.